The zero-order valence-corrected chi connectivity index (χ0v) is 18.5. The molecule has 2 aliphatic rings. The van der Waals surface area contributed by atoms with Crippen molar-refractivity contribution in [3.8, 4) is 11.4 Å². The number of fused-ring (bicyclic) bond motifs is 1. The van der Waals surface area contributed by atoms with E-state index in [2.05, 4.69) is 24.5 Å². The van der Waals surface area contributed by atoms with Crippen molar-refractivity contribution in [2.45, 2.75) is 32.7 Å². The summed E-state index contributed by atoms with van der Waals surface area (Å²) in [5.74, 6) is 1.32. The van der Waals surface area contributed by atoms with Gasteiger partial charge in [0.2, 0.25) is 5.95 Å². The minimum absolute atomic E-state index is 0.1000. The molecule has 0 radical (unpaired) electrons. The molecule has 31 heavy (non-hydrogen) atoms. The summed E-state index contributed by atoms with van der Waals surface area (Å²) < 4.78 is 1.82. The van der Waals surface area contributed by atoms with Crippen LogP contribution in [0.3, 0.4) is 0 Å². The van der Waals surface area contributed by atoms with Gasteiger partial charge in [0.1, 0.15) is 6.04 Å². The van der Waals surface area contributed by atoms with E-state index in [1.165, 1.54) is 0 Å². The molecule has 0 saturated carbocycles. The van der Waals surface area contributed by atoms with Gasteiger partial charge in [0.25, 0.3) is 0 Å². The van der Waals surface area contributed by atoms with Crippen LogP contribution in [0.25, 0.3) is 11.4 Å². The molecule has 158 valence electrons. The number of Topliss-reactive ketones (excluding diaryl/α,β-unsaturated/α-hetero) is 1. The highest BCUT2D eigenvalue weighted by molar-refractivity contribution is 6.33. The normalized spacial score (nSPS) is 19.5. The van der Waals surface area contributed by atoms with Crippen LogP contribution in [0.5, 0.6) is 0 Å². The molecule has 2 aromatic carbocycles. The molecule has 0 saturated heterocycles. The van der Waals surface area contributed by atoms with E-state index < -0.39 is 0 Å². The zero-order chi connectivity index (χ0) is 21.8. The zero-order valence-electron chi connectivity index (χ0n) is 17.7. The summed E-state index contributed by atoms with van der Waals surface area (Å²) in [5, 5.41) is 11.9. The standard InChI is InChI=1S/C24H24ClN5O/c1-24(2)12-18-20(19(31)13-24)21(14-8-10-15(26-3)11-9-14)30-23(27-18)28-22(29-30)16-6-4-5-7-17(16)25/h4-11,21,26H,12-13H2,1-3H3,(H,27,28,29). The maximum Gasteiger partial charge on any atom is 0.226 e. The van der Waals surface area contributed by atoms with Crippen molar-refractivity contribution in [2.75, 3.05) is 17.7 Å². The second kappa shape index (κ2) is 7.24. The van der Waals surface area contributed by atoms with Gasteiger partial charge in [-0.05, 0) is 41.7 Å². The first kappa shape index (κ1) is 19.8. The minimum atomic E-state index is -0.329. The van der Waals surface area contributed by atoms with Crippen LogP contribution in [0.1, 0.15) is 38.3 Å². The number of aromatic nitrogens is 3. The van der Waals surface area contributed by atoms with Crippen molar-refractivity contribution in [2.24, 2.45) is 5.41 Å². The summed E-state index contributed by atoms with van der Waals surface area (Å²) in [5.41, 5.74) is 4.39. The lowest BCUT2D eigenvalue weighted by molar-refractivity contribution is -0.118. The van der Waals surface area contributed by atoms with Crippen molar-refractivity contribution in [1.29, 1.82) is 0 Å². The van der Waals surface area contributed by atoms with E-state index in [0.29, 0.717) is 23.2 Å². The molecule has 0 amide bonds. The molecule has 2 heterocycles. The molecule has 1 atom stereocenters. The number of benzene rings is 2. The second-order valence-corrected chi connectivity index (χ2v) is 9.32. The number of nitrogens with one attached hydrogen (secondary N) is 2. The molecule has 0 bridgehead atoms. The monoisotopic (exact) mass is 433 g/mol. The molecular formula is C24H24ClN5O. The van der Waals surface area contributed by atoms with Crippen molar-refractivity contribution < 1.29 is 4.79 Å². The number of carbonyl (C=O) groups excluding carboxylic acids is 1. The van der Waals surface area contributed by atoms with Gasteiger partial charge < -0.3 is 10.6 Å². The van der Waals surface area contributed by atoms with Crippen molar-refractivity contribution >= 4 is 29.0 Å². The van der Waals surface area contributed by atoms with Gasteiger partial charge in [-0.2, -0.15) is 4.98 Å². The first-order valence-corrected chi connectivity index (χ1v) is 10.8. The van der Waals surface area contributed by atoms with E-state index in [0.717, 1.165) is 34.5 Å². The fourth-order valence-electron chi connectivity index (χ4n) is 4.51. The quantitative estimate of drug-likeness (QED) is 0.586. The Hall–Kier alpha value is -3.12. The summed E-state index contributed by atoms with van der Waals surface area (Å²) in [6.45, 7) is 4.25. The number of hydrogen-bond acceptors (Lipinski definition) is 5. The fourth-order valence-corrected chi connectivity index (χ4v) is 4.73. The van der Waals surface area contributed by atoms with E-state index in [1.807, 2.05) is 60.3 Å². The Labute approximate surface area is 186 Å². The lowest BCUT2D eigenvalue weighted by atomic mass is 9.73. The van der Waals surface area contributed by atoms with Gasteiger partial charge in [-0.15, -0.1) is 5.10 Å². The topological polar surface area (TPSA) is 71.8 Å². The minimum Gasteiger partial charge on any atom is -0.388 e. The molecule has 1 aliphatic carbocycles. The fraction of sp³-hybridized carbons (Fsp3) is 0.292. The van der Waals surface area contributed by atoms with Crippen LogP contribution in [0.15, 0.2) is 59.8 Å². The Bertz CT molecular complexity index is 1210. The first-order valence-electron chi connectivity index (χ1n) is 10.4. The van der Waals surface area contributed by atoms with Crippen LogP contribution in [-0.4, -0.2) is 27.6 Å². The van der Waals surface area contributed by atoms with Gasteiger partial charge in [0, 0.05) is 36.0 Å². The molecule has 1 aromatic heterocycles. The maximum atomic E-state index is 13.3. The number of allylic oxidation sites excluding steroid dienone is 2. The lowest BCUT2D eigenvalue weighted by Crippen LogP contribution is -2.36. The summed E-state index contributed by atoms with van der Waals surface area (Å²) in [6, 6.07) is 15.3. The average Bonchev–Trinajstić information content (AvgIpc) is 3.15. The largest absolute Gasteiger partial charge is 0.388 e. The number of halogens is 1. The van der Waals surface area contributed by atoms with Gasteiger partial charge in [-0.25, -0.2) is 4.68 Å². The highest BCUT2D eigenvalue weighted by atomic mass is 35.5. The van der Waals surface area contributed by atoms with Crippen LogP contribution in [0, 0.1) is 5.41 Å². The van der Waals surface area contributed by atoms with Crippen molar-refractivity contribution in [3.63, 3.8) is 0 Å². The molecule has 5 rings (SSSR count). The summed E-state index contributed by atoms with van der Waals surface area (Å²) in [4.78, 5) is 18.1. The third-order valence-corrected chi connectivity index (χ3v) is 6.29. The number of ketones is 1. The van der Waals surface area contributed by atoms with Crippen molar-refractivity contribution in [3.05, 3.63) is 70.4 Å². The van der Waals surface area contributed by atoms with E-state index in [4.69, 9.17) is 21.7 Å². The van der Waals surface area contributed by atoms with E-state index in [1.54, 1.807) is 0 Å². The van der Waals surface area contributed by atoms with Gasteiger partial charge in [0.05, 0.1) is 5.02 Å². The maximum absolute atomic E-state index is 13.3. The van der Waals surface area contributed by atoms with Crippen LogP contribution in [0.4, 0.5) is 11.6 Å². The van der Waals surface area contributed by atoms with Crippen LogP contribution in [-0.2, 0) is 4.79 Å². The van der Waals surface area contributed by atoms with Gasteiger partial charge >= 0.3 is 0 Å². The van der Waals surface area contributed by atoms with Gasteiger partial charge in [-0.1, -0.05) is 49.7 Å². The molecule has 7 heteroatoms. The first-order chi connectivity index (χ1) is 14.9. The number of carbonyl (C=O) groups is 1. The van der Waals surface area contributed by atoms with E-state index >= 15 is 0 Å². The molecule has 0 spiro atoms. The lowest BCUT2D eigenvalue weighted by Gasteiger charge is -2.38. The number of rotatable bonds is 3. The molecule has 1 unspecified atom stereocenters. The summed E-state index contributed by atoms with van der Waals surface area (Å²) in [7, 11) is 1.89. The van der Waals surface area contributed by atoms with Gasteiger partial charge in [-0.3, -0.25) is 4.79 Å². The third kappa shape index (κ3) is 3.41. The molecule has 6 nitrogen and oxygen atoms in total. The Morgan fingerprint density at radius 3 is 2.58 bits per heavy atom. The Balaban J connectivity index is 1.68. The summed E-state index contributed by atoms with van der Waals surface area (Å²) >= 11 is 6.41. The Morgan fingerprint density at radius 2 is 1.87 bits per heavy atom. The predicted molar refractivity (Wildman–Crippen MR) is 123 cm³/mol. The SMILES string of the molecule is CNc1ccc(C2C3=C(CC(C)(C)CC3=O)Nc3nc(-c4ccccc4Cl)nn32)cc1. The molecule has 0 fully saturated rings. The van der Waals surface area contributed by atoms with Gasteiger partial charge in [0.15, 0.2) is 11.6 Å². The summed E-state index contributed by atoms with van der Waals surface area (Å²) in [6.07, 6.45) is 1.30. The molecular weight excluding hydrogens is 410 g/mol. The van der Waals surface area contributed by atoms with Crippen LogP contribution < -0.4 is 10.6 Å². The highest BCUT2D eigenvalue weighted by Crippen LogP contribution is 2.46. The second-order valence-electron chi connectivity index (χ2n) is 8.92. The highest BCUT2D eigenvalue weighted by Gasteiger charge is 2.41. The van der Waals surface area contributed by atoms with Crippen LogP contribution >= 0.6 is 11.6 Å². The third-order valence-electron chi connectivity index (χ3n) is 5.96. The number of hydrogen-bond donors (Lipinski definition) is 2. The number of nitrogens with zero attached hydrogens (tertiary/aromatic N) is 3. The predicted octanol–water partition coefficient (Wildman–Crippen LogP) is 5.30. The average molecular weight is 434 g/mol. The Morgan fingerprint density at radius 1 is 1.13 bits per heavy atom. The molecule has 3 aromatic rings. The smallest absolute Gasteiger partial charge is 0.226 e. The molecule has 1 aliphatic heterocycles. The molecule has 2 N–H and O–H groups in total. The van der Waals surface area contributed by atoms with E-state index in [9.17, 15) is 4.79 Å². The Kier molecular flexibility index (Phi) is 4.63. The van der Waals surface area contributed by atoms with Crippen LogP contribution in [0.2, 0.25) is 5.02 Å². The van der Waals surface area contributed by atoms with Crippen molar-refractivity contribution in [1.82, 2.24) is 14.8 Å². The van der Waals surface area contributed by atoms with E-state index in [-0.39, 0.29) is 17.2 Å². The number of anilines is 2.